The summed E-state index contributed by atoms with van der Waals surface area (Å²) in [5.74, 6) is 0. The van der Waals surface area contributed by atoms with Crippen LogP contribution in [0.3, 0.4) is 0 Å². The van der Waals surface area contributed by atoms with E-state index in [0.717, 1.165) is 5.56 Å². The molecule has 0 spiro atoms. The van der Waals surface area contributed by atoms with Crippen molar-refractivity contribution in [1.29, 1.82) is 0 Å². The Labute approximate surface area is 88.1 Å². The second-order valence-electron chi connectivity index (χ2n) is 4.05. The minimum absolute atomic E-state index is 0.0551. The van der Waals surface area contributed by atoms with E-state index >= 15 is 0 Å². The van der Waals surface area contributed by atoms with Gasteiger partial charge in [-0.05, 0) is 25.8 Å². The zero-order chi connectivity index (χ0) is 11.7. The molecule has 1 rings (SSSR count). The summed E-state index contributed by atoms with van der Waals surface area (Å²) in [6.45, 7) is 4.67. The lowest BCUT2D eigenvalue weighted by Gasteiger charge is -2.31. The molecule has 1 aromatic rings. The van der Waals surface area contributed by atoms with Crippen LogP contribution in [0, 0.1) is 6.92 Å². The van der Waals surface area contributed by atoms with Gasteiger partial charge in [-0.15, -0.1) is 0 Å². The Morgan fingerprint density at radius 3 is 1.87 bits per heavy atom. The second-order valence-corrected chi connectivity index (χ2v) is 4.05. The number of alkyl halides is 3. The predicted octanol–water partition coefficient (Wildman–Crippen LogP) is 4.23. The van der Waals surface area contributed by atoms with Gasteiger partial charge in [-0.3, -0.25) is 0 Å². The van der Waals surface area contributed by atoms with E-state index in [2.05, 4.69) is 0 Å². The van der Waals surface area contributed by atoms with Crippen LogP contribution in [-0.4, -0.2) is 6.18 Å². The van der Waals surface area contributed by atoms with E-state index in [4.69, 9.17) is 0 Å². The first-order valence-electron chi connectivity index (χ1n) is 4.95. The van der Waals surface area contributed by atoms with Crippen molar-refractivity contribution in [3.63, 3.8) is 0 Å². The number of aryl methyl sites for hydroxylation is 1. The van der Waals surface area contributed by atoms with Gasteiger partial charge in [0.05, 0.1) is 5.41 Å². The van der Waals surface area contributed by atoms with E-state index in [1.807, 2.05) is 6.92 Å². The molecule has 0 aliphatic rings. The molecular formula is C12H15F3. The van der Waals surface area contributed by atoms with Crippen molar-refractivity contribution in [2.75, 3.05) is 0 Å². The minimum atomic E-state index is -4.20. The maximum atomic E-state index is 12.9. The van der Waals surface area contributed by atoms with E-state index in [1.54, 1.807) is 31.2 Å². The Bertz CT molecular complexity index is 324. The third-order valence-electron chi connectivity index (χ3n) is 3.02. The minimum Gasteiger partial charge on any atom is -0.170 e. The highest BCUT2D eigenvalue weighted by molar-refractivity contribution is 5.29. The van der Waals surface area contributed by atoms with Crippen LogP contribution in [0.15, 0.2) is 24.3 Å². The highest BCUT2D eigenvalue weighted by Gasteiger charge is 2.50. The first kappa shape index (κ1) is 12.1. The molecule has 0 aromatic heterocycles. The summed E-state index contributed by atoms with van der Waals surface area (Å²) < 4.78 is 38.7. The number of hydrogen-bond acceptors (Lipinski definition) is 0. The topological polar surface area (TPSA) is 0 Å². The lowest BCUT2D eigenvalue weighted by molar-refractivity contribution is -0.186. The Hall–Kier alpha value is -0.990. The first-order valence-corrected chi connectivity index (χ1v) is 4.95. The van der Waals surface area contributed by atoms with Crippen LogP contribution in [0.5, 0.6) is 0 Å². The van der Waals surface area contributed by atoms with Crippen LogP contribution < -0.4 is 0 Å². The van der Waals surface area contributed by atoms with Crippen molar-refractivity contribution in [1.82, 2.24) is 0 Å². The molecule has 0 radical (unpaired) electrons. The van der Waals surface area contributed by atoms with Crippen LogP contribution in [0.2, 0.25) is 0 Å². The van der Waals surface area contributed by atoms with Gasteiger partial charge >= 0.3 is 6.18 Å². The van der Waals surface area contributed by atoms with Gasteiger partial charge in [0.25, 0.3) is 0 Å². The summed E-state index contributed by atoms with van der Waals surface area (Å²) in [5.41, 5.74) is -0.428. The first-order chi connectivity index (χ1) is 6.81. The van der Waals surface area contributed by atoms with Crippen molar-refractivity contribution in [3.05, 3.63) is 35.4 Å². The Kier molecular flexibility index (Phi) is 3.12. The molecule has 0 nitrogen and oxygen atoms in total. The summed E-state index contributed by atoms with van der Waals surface area (Å²) in [6.07, 6.45) is -4.14. The van der Waals surface area contributed by atoms with Crippen LogP contribution in [0.25, 0.3) is 0 Å². The summed E-state index contributed by atoms with van der Waals surface area (Å²) >= 11 is 0. The quantitative estimate of drug-likeness (QED) is 0.694. The molecule has 3 heteroatoms. The van der Waals surface area contributed by atoms with Gasteiger partial charge in [-0.25, -0.2) is 0 Å². The standard InChI is InChI=1S/C12H15F3/c1-4-11(3,12(13,14)15)10-7-5-9(2)6-8-10/h5-8H,4H2,1-3H3. The number of benzene rings is 1. The van der Waals surface area contributed by atoms with Gasteiger partial charge < -0.3 is 0 Å². The Balaban J connectivity index is 3.18. The van der Waals surface area contributed by atoms with Crippen LogP contribution in [-0.2, 0) is 5.41 Å². The zero-order valence-corrected chi connectivity index (χ0v) is 9.15. The van der Waals surface area contributed by atoms with E-state index in [-0.39, 0.29) is 6.42 Å². The van der Waals surface area contributed by atoms with Crippen LogP contribution in [0.4, 0.5) is 13.2 Å². The number of hydrogen-bond donors (Lipinski definition) is 0. The average Bonchev–Trinajstić information content (AvgIpc) is 2.16. The summed E-state index contributed by atoms with van der Waals surface area (Å²) in [4.78, 5) is 0. The maximum Gasteiger partial charge on any atom is 0.398 e. The molecule has 0 aliphatic carbocycles. The van der Waals surface area contributed by atoms with Gasteiger partial charge in [0.1, 0.15) is 0 Å². The molecule has 0 heterocycles. The maximum absolute atomic E-state index is 12.9. The molecule has 0 N–H and O–H groups in total. The van der Waals surface area contributed by atoms with Gasteiger partial charge in [0.15, 0.2) is 0 Å². The molecular weight excluding hydrogens is 201 g/mol. The van der Waals surface area contributed by atoms with Crippen LogP contribution in [0.1, 0.15) is 31.4 Å². The van der Waals surface area contributed by atoms with Crippen molar-refractivity contribution >= 4 is 0 Å². The van der Waals surface area contributed by atoms with E-state index < -0.39 is 11.6 Å². The summed E-state index contributed by atoms with van der Waals surface area (Å²) in [5, 5.41) is 0. The van der Waals surface area contributed by atoms with Gasteiger partial charge in [-0.2, -0.15) is 13.2 Å². The van der Waals surface area contributed by atoms with Crippen molar-refractivity contribution < 1.29 is 13.2 Å². The monoisotopic (exact) mass is 216 g/mol. The molecule has 0 fully saturated rings. The van der Waals surface area contributed by atoms with E-state index in [0.29, 0.717) is 5.56 Å². The Morgan fingerprint density at radius 1 is 1.07 bits per heavy atom. The largest absolute Gasteiger partial charge is 0.398 e. The third kappa shape index (κ3) is 2.16. The number of halogens is 3. The molecule has 1 atom stereocenters. The highest BCUT2D eigenvalue weighted by Crippen LogP contribution is 2.43. The lowest BCUT2D eigenvalue weighted by atomic mass is 9.79. The normalized spacial score (nSPS) is 16.1. The SMILES string of the molecule is CCC(C)(c1ccc(C)cc1)C(F)(F)F. The molecule has 15 heavy (non-hydrogen) atoms. The Morgan fingerprint density at radius 2 is 1.53 bits per heavy atom. The average molecular weight is 216 g/mol. The summed E-state index contributed by atoms with van der Waals surface area (Å²) in [7, 11) is 0. The molecule has 0 bridgehead atoms. The van der Waals surface area contributed by atoms with Gasteiger partial charge in [-0.1, -0.05) is 36.8 Å². The van der Waals surface area contributed by atoms with E-state index in [1.165, 1.54) is 6.92 Å². The fourth-order valence-corrected chi connectivity index (χ4v) is 1.49. The third-order valence-corrected chi connectivity index (χ3v) is 3.02. The molecule has 0 amide bonds. The molecule has 0 aliphatic heterocycles. The van der Waals surface area contributed by atoms with Gasteiger partial charge in [0, 0.05) is 0 Å². The second kappa shape index (κ2) is 3.87. The van der Waals surface area contributed by atoms with Crippen molar-refractivity contribution in [2.24, 2.45) is 0 Å². The van der Waals surface area contributed by atoms with E-state index in [9.17, 15) is 13.2 Å². The zero-order valence-electron chi connectivity index (χ0n) is 9.15. The molecule has 1 aromatic carbocycles. The summed E-state index contributed by atoms with van der Waals surface area (Å²) in [6, 6.07) is 6.56. The molecule has 0 saturated heterocycles. The smallest absolute Gasteiger partial charge is 0.170 e. The molecule has 1 unspecified atom stereocenters. The van der Waals surface area contributed by atoms with Crippen molar-refractivity contribution in [3.8, 4) is 0 Å². The fourth-order valence-electron chi connectivity index (χ4n) is 1.49. The van der Waals surface area contributed by atoms with Crippen LogP contribution >= 0.6 is 0 Å². The predicted molar refractivity (Wildman–Crippen MR) is 54.9 cm³/mol. The lowest BCUT2D eigenvalue weighted by Crippen LogP contribution is -2.38. The van der Waals surface area contributed by atoms with Crippen molar-refractivity contribution in [2.45, 2.75) is 38.8 Å². The highest BCUT2D eigenvalue weighted by atomic mass is 19.4. The number of rotatable bonds is 2. The fraction of sp³-hybridized carbons (Fsp3) is 0.500. The van der Waals surface area contributed by atoms with Gasteiger partial charge in [0.2, 0.25) is 0 Å². The molecule has 84 valence electrons. The molecule has 0 saturated carbocycles.